The predicted molar refractivity (Wildman–Crippen MR) is 83.8 cm³/mol. The molecule has 0 bridgehead atoms. The second kappa shape index (κ2) is 6.20. The minimum absolute atomic E-state index is 0.199. The highest BCUT2D eigenvalue weighted by atomic mass is 79.9. The minimum atomic E-state index is 0.199. The molecule has 2 rings (SSSR count). The van der Waals surface area contributed by atoms with E-state index < -0.39 is 0 Å². The lowest BCUT2D eigenvalue weighted by Gasteiger charge is -2.15. The smallest absolute Gasteiger partial charge is 0.107 e. The number of benzene rings is 1. The van der Waals surface area contributed by atoms with E-state index in [0.717, 1.165) is 15.2 Å². The van der Waals surface area contributed by atoms with Crippen molar-refractivity contribution in [3.05, 3.63) is 55.1 Å². The molecular weight excluding hydrogens is 330 g/mol. The molecule has 96 valence electrons. The highest BCUT2D eigenvalue weighted by Gasteiger charge is 2.16. The molecule has 0 spiro atoms. The Morgan fingerprint density at radius 2 is 2.00 bits per heavy atom. The van der Waals surface area contributed by atoms with Gasteiger partial charge in [-0.2, -0.15) is 0 Å². The number of halogens is 2. The lowest BCUT2D eigenvalue weighted by molar-refractivity contribution is 0.703. The number of hydrogen-bond acceptors (Lipinski definition) is 2. The van der Waals surface area contributed by atoms with Gasteiger partial charge < -0.3 is 5.32 Å². The first-order valence-electron chi connectivity index (χ1n) is 5.86. The van der Waals surface area contributed by atoms with Gasteiger partial charge in [0.1, 0.15) is 4.34 Å². The quantitative estimate of drug-likeness (QED) is 0.819. The first-order valence-corrected chi connectivity index (χ1v) is 7.85. The summed E-state index contributed by atoms with van der Waals surface area (Å²) in [5.74, 6) is 0. The largest absolute Gasteiger partial charge is 0.309 e. The van der Waals surface area contributed by atoms with Crippen LogP contribution in [0.1, 0.15) is 29.0 Å². The lowest BCUT2D eigenvalue weighted by atomic mass is 10.0. The van der Waals surface area contributed by atoms with Crippen LogP contribution in [0.15, 0.2) is 34.8 Å². The first-order chi connectivity index (χ1) is 8.65. The fourth-order valence-electron chi connectivity index (χ4n) is 1.92. The van der Waals surface area contributed by atoms with E-state index >= 15 is 0 Å². The lowest BCUT2D eigenvalue weighted by Crippen LogP contribution is -2.16. The summed E-state index contributed by atoms with van der Waals surface area (Å²) in [5, 5.41) is 3.34. The zero-order valence-corrected chi connectivity index (χ0v) is 13.5. The van der Waals surface area contributed by atoms with Crippen molar-refractivity contribution in [3.8, 4) is 0 Å². The number of rotatable bonds is 4. The molecule has 0 saturated carbocycles. The average Bonchev–Trinajstić information content (AvgIpc) is 2.71. The number of thiophene rings is 1. The Morgan fingerprint density at radius 1 is 1.33 bits per heavy atom. The minimum Gasteiger partial charge on any atom is -0.309 e. The maximum atomic E-state index is 6.11. The van der Waals surface area contributed by atoms with Crippen LogP contribution in [0.4, 0.5) is 0 Å². The van der Waals surface area contributed by atoms with Gasteiger partial charge in [-0.15, -0.1) is 11.3 Å². The SMILES string of the molecule is CCc1ccc(C(NC)c2cc(Br)c(Cl)s2)cc1. The van der Waals surface area contributed by atoms with Gasteiger partial charge in [-0.3, -0.25) is 0 Å². The van der Waals surface area contributed by atoms with Crippen LogP contribution in [0.5, 0.6) is 0 Å². The van der Waals surface area contributed by atoms with Crippen LogP contribution in [0.2, 0.25) is 4.34 Å². The molecule has 0 radical (unpaired) electrons. The Hall–Kier alpha value is -0.350. The van der Waals surface area contributed by atoms with E-state index in [-0.39, 0.29) is 6.04 Å². The van der Waals surface area contributed by atoms with Gasteiger partial charge in [-0.25, -0.2) is 0 Å². The number of hydrogen-bond donors (Lipinski definition) is 1. The van der Waals surface area contributed by atoms with E-state index in [1.54, 1.807) is 11.3 Å². The molecule has 18 heavy (non-hydrogen) atoms. The summed E-state index contributed by atoms with van der Waals surface area (Å²) in [7, 11) is 1.97. The molecular formula is C14H15BrClNS. The molecule has 4 heteroatoms. The van der Waals surface area contributed by atoms with Crippen molar-refractivity contribution in [1.82, 2.24) is 5.32 Å². The van der Waals surface area contributed by atoms with Gasteiger partial charge >= 0.3 is 0 Å². The van der Waals surface area contributed by atoms with Gasteiger partial charge in [0.15, 0.2) is 0 Å². The summed E-state index contributed by atoms with van der Waals surface area (Å²) in [5.41, 5.74) is 2.62. The second-order valence-corrected chi connectivity index (χ2v) is 6.63. The monoisotopic (exact) mass is 343 g/mol. The molecule has 1 N–H and O–H groups in total. The summed E-state index contributed by atoms with van der Waals surface area (Å²) in [6.07, 6.45) is 1.07. The molecule has 0 fully saturated rings. The van der Waals surface area contributed by atoms with Crippen molar-refractivity contribution in [2.24, 2.45) is 0 Å². The summed E-state index contributed by atoms with van der Waals surface area (Å²) >= 11 is 11.2. The fourth-order valence-corrected chi connectivity index (χ4v) is 3.80. The van der Waals surface area contributed by atoms with E-state index in [0.29, 0.717) is 0 Å². The molecule has 2 aromatic rings. The first kappa shape index (κ1) is 14.1. The van der Waals surface area contributed by atoms with Crippen molar-refractivity contribution >= 4 is 38.9 Å². The van der Waals surface area contributed by atoms with Crippen LogP contribution < -0.4 is 5.32 Å². The highest BCUT2D eigenvalue weighted by molar-refractivity contribution is 9.10. The topological polar surface area (TPSA) is 12.0 Å². The van der Waals surface area contributed by atoms with Crippen molar-refractivity contribution in [2.45, 2.75) is 19.4 Å². The Morgan fingerprint density at radius 3 is 2.44 bits per heavy atom. The summed E-state index contributed by atoms with van der Waals surface area (Å²) in [6.45, 7) is 2.17. The van der Waals surface area contributed by atoms with Gasteiger partial charge in [0.05, 0.1) is 6.04 Å². The number of nitrogens with one attached hydrogen (secondary N) is 1. The summed E-state index contributed by atoms with van der Waals surface area (Å²) in [6, 6.07) is 11.0. The fraction of sp³-hybridized carbons (Fsp3) is 0.286. The van der Waals surface area contributed by atoms with E-state index in [2.05, 4.69) is 58.5 Å². The average molecular weight is 345 g/mol. The zero-order chi connectivity index (χ0) is 13.1. The second-order valence-electron chi connectivity index (χ2n) is 4.09. The molecule has 0 saturated heterocycles. The van der Waals surface area contributed by atoms with Crippen LogP contribution in [-0.2, 0) is 6.42 Å². The maximum Gasteiger partial charge on any atom is 0.107 e. The van der Waals surface area contributed by atoms with Gasteiger partial charge in [0.25, 0.3) is 0 Å². The van der Waals surface area contributed by atoms with Crippen LogP contribution in [0, 0.1) is 0 Å². The molecule has 1 aromatic heterocycles. The normalized spacial score (nSPS) is 12.7. The van der Waals surface area contributed by atoms with E-state index in [9.17, 15) is 0 Å². The Bertz CT molecular complexity index is 502. The standard InChI is InChI=1S/C14H15BrClNS/c1-3-9-4-6-10(7-5-9)13(17-2)12-8-11(15)14(16)18-12/h4-8,13,17H,3H2,1-2H3. The van der Waals surface area contributed by atoms with Crippen molar-refractivity contribution in [3.63, 3.8) is 0 Å². The maximum absolute atomic E-state index is 6.11. The summed E-state index contributed by atoms with van der Waals surface area (Å²) in [4.78, 5) is 1.22. The van der Waals surface area contributed by atoms with Crippen molar-refractivity contribution < 1.29 is 0 Å². The highest BCUT2D eigenvalue weighted by Crippen LogP contribution is 2.37. The third-order valence-corrected chi connectivity index (χ3v) is 5.50. The molecule has 0 aliphatic heterocycles. The third kappa shape index (κ3) is 2.97. The molecule has 1 aromatic carbocycles. The van der Waals surface area contributed by atoms with E-state index in [1.807, 2.05) is 7.05 Å². The molecule has 1 atom stereocenters. The Balaban J connectivity index is 2.32. The van der Waals surface area contributed by atoms with Gasteiger partial charge in [-0.1, -0.05) is 42.8 Å². The Kier molecular flexibility index (Phi) is 4.84. The molecule has 0 aliphatic carbocycles. The van der Waals surface area contributed by atoms with Gasteiger partial charge in [0, 0.05) is 9.35 Å². The summed E-state index contributed by atoms with van der Waals surface area (Å²) < 4.78 is 1.77. The van der Waals surface area contributed by atoms with E-state index in [4.69, 9.17) is 11.6 Å². The van der Waals surface area contributed by atoms with Crippen LogP contribution in [-0.4, -0.2) is 7.05 Å². The Labute approximate surface area is 125 Å². The van der Waals surface area contributed by atoms with Crippen LogP contribution >= 0.6 is 38.9 Å². The number of aryl methyl sites for hydroxylation is 1. The van der Waals surface area contributed by atoms with Crippen molar-refractivity contribution in [1.29, 1.82) is 0 Å². The predicted octanol–water partition coefficient (Wildman–Crippen LogP) is 5.04. The molecule has 0 aliphatic rings. The van der Waals surface area contributed by atoms with Gasteiger partial charge in [-0.05, 0) is 46.6 Å². The van der Waals surface area contributed by atoms with Crippen molar-refractivity contribution in [2.75, 3.05) is 7.05 Å². The molecule has 1 unspecified atom stereocenters. The third-order valence-electron chi connectivity index (χ3n) is 2.96. The van der Waals surface area contributed by atoms with Crippen LogP contribution in [0.3, 0.4) is 0 Å². The van der Waals surface area contributed by atoms with Crippen LogP contribution in [0.25, 0.3) is 0 Å². The molecule has 1 heterocycles. The van der Waals surface area contributed by atoms with Gasteiger partial charge in [0.2, 0.25) is 0 Å². The molecule has 1 nitrogen and oxygen atoms in total. The zero-order valence-electron chi connectivity index (χ0n) is 10.3. The molecule has 0 amide bonds. The van der Waals surface area contributed by atoms with E-state index in [1.165, 1.54) is 16.0 Å².